The van der Waals surface area contributed by atoms with Crippen LogP contribution in [0.4, 0.5) is 0 Å². The van der Waals surface area contributed by atoms with Crippen LogP contribution in [0.15, 0.2) is 48.5 Å². The molecule has 0 spiro atoms. The molecule has 25 heavy (non-hydrogen) atoms. The van der Waals surface area contributed by atoms with Crippen molar-refractivity contribution in [2.45, 2.75) is 19.3 Å². The maximum atomic E-state index is 11.8. The molecule has 0 fully saturated rings. The van der Waals surface area contributed by atoms with Crippen LogP contribution in [0, 0.1) is 0 Å². The Balaban J connectivity index is 1.60. The number of rotatable bonds is 8. The minimum atomic E-state index is -0.126. The summed E-state index contributed by atoms with van der Waals surface area (Å²) >= 11 is 11.9. The highest BCUT2D eigenvalue weighted by molar-refractivity contribution is 6.34. The SMILES string of the molecule is O=C(CCCNC(=O)c1ccccc1)NCCc1cc(Cl)cc(Cl)c1. The molecule has 2 aromatic carbocycles. The van der Waals surface area contributed by atoms with E-state index in [0.29, 0.717) is 48.0 Å². The Labute approximate surface area is 157 Å². The van der Waals surface area contributed by atoms with Crippen LogP contribution in [0.3, 0.4) is 0 Å². The van der Waals surface area contributed by atoms with Crippen molar-refractivity contribution in [1.29, 1.82) is 0 Å². The van der Waals surface area contributed by atoms with Crippen molar-refractivity contribution in [2.24, 2.45) is 0 Å². The van der Waals surface area contributed by atoms with Crippen LogP contribution in [0.2, 0.25) is 10.0 Å². The average Bonchev–Trinajstić information content (AvgIpc) is 2.58. The molecule has 0 aromatic heterocycles. The van der Waals surface area contributed by atoms with E-state index in [1.54, 1.807) is 18.2 Å². The van der Waals surface area contributed by atoms with Crippen molar-refractivity contribution in [3.05, 3.63) is 69.7 Å². The second kappa shape index (κ2) is 10.1. The van der Waals surface area contributed by atoms with Gasteiger partial charge in [-0.2, -0.15) is 0 Å². The van der Waals surface area contributed by atoms with Crippen LogP contribution in [0.25, 0.3) is 0 Å². The number of hydrogen-bond donors (Lipinski definition) is 2. The lowest BCUT2D eigenvalue weighted by Gasteiger charge is -2.07. The molecule has 2 amide bonds. The largest absolute Gasteiger partial charge is 0.356 e. The molecule has 0 unspecified atom stereocenters. The lowest BCUT2D eigenvalue weighted by molar-refractivity contribution is -0.121. The number of hydrogen-bond acceptors (Lipinski definition) is 2. The van der Waals surface area contributed by atoms with E-state index >= 15 is 0 Å². The third-order valence-corrected chi connectivity index (χ3v) is 4.00. The summed E-state index contributed by atoms with van der Waals surface area (Å²) in [5.41, 5.74) is 1.60. The molecule has 0 atom stereocenters. The zero-order valence-corrected chi connectivity index (χ0v) is 15.2. The standard InChI is InChI=1S/C19H20Cl2N2O2/c20-16-11-14(12-17(21)13-16)8-10-22-18(24)7-4-9-23-19(25)15-5-2-1-3-6-15/h1-3,5-6,11-13H,4,7-10H2,(H,22,24)(H,23,25). The van der Waals surface area contributed by atoms with Crippen molar-refractivity contribution in [3.63, 3.8) is 0 Å². The van der Waals surface area contributed by atoms with Gasteiger partial charge in [0, 0.05) is 35.1 Å². The van der Waals surface area contributed by atoms with Crippen molar-refractivity contribution < 1.29 is 9.59 Å². The van der Waals surface area contributed by atoms with Gasteiger partial charge in [0.15, 0.2) is 0 Å². The Hall–Kier alpha value is -2.04. The number of nitrogens with one attached hydrogen (secondary N) is 2. The average molecular weight is 379 g/mol. The second-order valence-electron chi connectivity index (χ2n) is 5.60. The van der Waals surface area contributed by atoms with Crippen LogP contribution in [-0.2, 0) is 11.2 Å². The van der Waals surface area contributed by atoms with Gasteiger partial charge in [-0.05, 0) is 48.7 Å². The van der Waals surface area contributed by atoms with E-state index in [9.17, 15) is 9.59 Å². The first kappa shape index (κ1) is 19.3. The predicted molar refractivity (Wildman–Crippen MR) is 101 cm³/mol. The van der Waals surface area contributed by atoms with Gasteiger partial charge in [0.1, 0.15) is 0 Å². The lowest BCUT2D eigenvalue weighted by atomic mass is 10.1. The highest BCUT2D eigenvalue weighted by Gasteiger charge is 2.05. The van der Waals surface area contributed by atoms with Gasteiger partial charge in [-0.1, -0.05) is 41.4 Å². The highest BCUT2D eigenvalue weighted by Crippen LogP contribution is 2.19. The minimum Gasteiger partial charge on any atom is -0.356 e. The van der Waals surface area contributed by atoms with E-state index in [1.807, 2.05) is 30.3 Å². The molecule has 4 nitrogen and oxygen atoms in total. The highest BCUT2D eigenvalue weighted by atomic mass is 35.5. The molecule has 6 heteroatoms. The molecule has 132 valence electrons. The van der Waals surface area contributed by atoms with E-state index in [0.717, 1.165) is 5.56 Å². The predicted octanol–water partition coefficient (Wildman–Crippen LogP) is 3.86. The third kappa shape index (κ3) is 7.16. The summed E-state index contributed by atoms with van der Waals surface area (Å²) in [6.07, 6.45) is 1.62. The molecule has 2 aromatic rings. The van der Waals surface area contributed by atoms with Crippen molar-refractivity contribution >= 4 is 35.0 Å². The summed E-state index contributed by atoms with van der Waals surface area (Å²) in [7, 11) is 0. The van der Waals surface area contributed by atoms with E-state index in [2.05, 4.69) is 10.6 Å². The Morgan fingerprint density at radius 2 is 1.56 bits per heavy atom. The molecule has 2 N–H and O–H groups in total. The minimum absolute atomic E-state index is 0.0397. The Bertz CT molecular complexity index is 700. The van der Waals surface area contributed by atoms with Crippen LogP contribution < -0.4 is 10.6 Å². The topological polar surface area (TPSA) is 58.2 Å². The molecule has 0 aliphatic carbocycles. The maximum Gasteiger partial charge on any atom is 0.251 e. The fourth-order valence-electron chi connectivity index (χ4n) is 2.33. The van der Waals surface area contributed by atoms with E-state index < -0.39 is 0 Å². The Morgan fingerprint density at radius 1 is 0.880 bits per heavy atom. The summed E-state index contributed by atoms with van der Waals surface area (Å²) in [6.45, 7) is 0.983. The first-order valence-electron chi connectivity index (χ1n) is 8.09. The lowest BCUT2D eigenvalue weighted by Crippen LogP contribution is -2.28. The van der Waals surface area contributed by atoms with Crippen LogP contribution >= 0.6 is 23.2 Å². The molecule has 0 radical (unpaired) electrons. The van der Waals surface area contributed by atoms with Gasteiger partial charge < -0.3 is 10.6 Å². The Kier molecular flexibility index (Phi) is 7.76. The number of benzene rings is 2. The molecular weight excluding hydrogens is 359 g/mol. The van der Waals surface area contributed by atoms with E-state index in [1.165, 1.54) is 0 Å². The van der Waals surface area contributed by atoms with Crippen molar-refractivity contribution in [2.75, 3.05) is 13.1 Å². The summed E-state index contributed by atoms with van der Waals surface area (Å²) < 4.78 is 0. The fourth-order valence-corrected chi connectivity index (χ4v) is 2.90. The van der Waals surface area contributed by atoms with Gasteiger partial charge in [-0.25, -0.2) is 0 Å². The molecule has 0 saturated heterocycles. The maximum absolute atomic E-state index is 11.8. The summed E-state index contributed by atoms with van der Waals surface area (Å²) in [6, 6.07) is 14.3. The smallest absolute Gasteiger partial charge is 0.251 e. The molecule has 0 heterocycles. The zero-order chi connectivity index (χ0) is 18.1. The van der Waals surface area contributed by atoms with Crippen LogP contribution in [0.5, 0.6) is 0 Å². The number of halogens is 2. The normalized spacial score (nSPS) is 10.3. The summed E-state index contributed by atoms with van der Waals surface area (Å²) in [5, 5.41) is 6.82. The quantitative estimate of drug-likeness (QED) is 0.685. The third-order valence-electron chi connectivity index (χ3n) is 3.56. The number of carbonyl (C=O) groups is 2. The summed E-state index contributed by atoms with van der Waals surface area (Å²) in [4.78, 5) is 23.6. The van der Waals surface area contributed by atoms with Gasteiger partial charge in [0.25, 0.3) is 5.91 Å². The van der Waals surface area contributed by atoms with Crippen LogP contribution in [0.1, 0.15) is 28.8 Å². The first-order chi connectivity index (χ1) is 12.0. The van der Waals surface area contributed by atoms with Gasteiger partial charge >= 0.3 is 0 Å². The van der Waals surface area contributed by atoms with Crippen molar-refractivity contribution in [1.82, 2.24) is 10.6 Å². The number of carbonyl (C=O) groups excluding carboxylic acids is 2. The van der Waals surface area contributed by atoms with E-state index in [-0.39, 0.29) is 11.8 Å². The first-order valence-corrected chi connectivity index (χ1v) is 8.85. The fraction of sp³-hybridized carbons (Fsp3) is 0.263. The van der Waals surface area contributed by atoms with Gasteiger partial charge in [-0.3, -0.25) is 9.59 Å². The molecule has 0 bridgehead atoms. The van der Waals surface area contributed by atoms with E-state index in [4.69, 9.17) is 23.2 Å². The molecule has 0 saturated carbocycles. The van der Waals surface area contributed by atoms with Gasteiger partial charge in [0.2, 0.25) is 5.91 Å². The van der Waals surface area contributed by atoms with Gasteiger partial charge in [-0.15, -0.1) is 0 Å². The van der Waals surface area contributed by atoms with Gasteiger partial charge in [0.05, 0.1) is 0 Å². The molecule has 0 aliphatic heterocycles. The Morgan fingerprint density at radius 3 is 2.24 bits per heavy atom. The monoisotopic (exact) mass is 378 g/mol. The molecule has 2 rings (SSSR count). The molecule has 0 aliphatic rings. The second-order valence-corrected chi connectivity index (χ2v) is 6.48. The summed E-state index contributed by atoms with van der Waals surface area (Å²) in [5.74, 6) is -0.166. The number of amides is 2. The van der Waals surface area contributed by atoms with Crippen LogP contribution in [-0.4, -0.2) is 24.9 Å². The molecular formula is C19H20Cl2N2O2. The van der Waals surface area contributed by atoms with Crippen molar-refractivity contribution in [3.8, 4) is 0 Å². The zero-order valence-electron chi connectivity index (χ0n) is 13.7.